The number of fused-ring (bicyclic) bond motifs is 1. The highest BCUT2D eigenvalue weighted by atomic mass is 32.2. The molecule has 0 saturated carbocycles. The Bertz CT molecular complexity index is 1480. The van der Waals surface area contributed by atoms with Crippen LogP contribution in [0.4, 0.5) is 4.39 Å². The molecule has 0 saturated heterocycles. The molecule has 0 spiro atoms. The summed E-state index contributed by atoms with van der Waals surface area (Å²) >= 11 is 1.47. The van der Waals surface area contributed by atoms with Gasteiger partial charge in [-0.2, -0.15) is 10.1 Å². The maximum atomic E-state index is 13.4. The van der Waals surface area contributed by atoms with E-state index < -0.39 is 0 Å². The van der Waals surface area contributed by atoms with Crippen molar-refractivity contribution in [3.63, 3.8) is 0 Å². The minimum atomic E-state index is -0.358. The molecule has 1 amide bonds. The van der Waals surface area contributed by atoms with Gasteiger partial charge in [0, 0.05) is 30.1 Å². The summed E-state index contributed by atoms with van der Waals surface area (Å²) < 4.78 is 27.0. The van der Waals surface area contributed by atoms with Gasteiger partial charge in [0.1, 0.15) is 11.6 Å². The molecule has 2 heterocycles. The van der Waals surface area contributed by atoms with Crippen LogP contribution in [0.1, 0.15) is 25.1 Å². The number of likely N-dealkylation sites (N-methyl/N-ethyl adjacent to an activating group) is 1. The molecule has 1 aliphatic heterocycles. The Labute approximate surface area is 256 Å². The summed E-state index contributed by atoms with van der Waals surface area (Å²) in [6, 6.07) is 16.4. The number of nitrogens with zero attached hydrogens (tertiary/aromatic N) is 5. The van der Waals surface area contributed by atoms with Crippen LogP contribution in [0.3, 0.4) is 0 Å². The Morgan fingerprint density at radius 1 is 1.05 bits per heavy atom. The Hall–Kier alpha value is -3.73. The number of halogens is 1. The van der Waals surface area contributed by atoms with E-state index in [0.29, 0.717) is 30.7 Å². The Morgan fingerprint density at radius 2 is 1.81 bits per heavy atom. The lowest BCUT2D eigenvalue weighted by molar-refractivity contribution is -0.120. The van der Waals surface area contributed by atoms with Gasteiger partial charge in [0.05, 0.1) is 44.2 Å². The number of amides is 1. The van der Waals surface area contributed by atoms with Gasteiger partial charge in [-0.1, -0.05) is 49.9 Å². The molecule has 0 fully saturated rings. The van der Waals surface area contributed by atoms with Crippen LogP contribution in [0.15, 0.2) is 83.5 Å². The maximum Gasteiger partial charge on any atom is 0.261 e. The molecule has 1 aromatic heterocycles. The third-order valence-electron chi connectivity index (χ3n) is 7.67. The minimum absolute atomic E-state index is 0.165. The first-order valence-corrected chi connectivity index (χ1v) is 15.6. The van der Waals surface area contributed by atoms with Gasteiger partial charge in [0.2, 0.25) is 0 Å². The van der Waals surface area contributed by atoms with Crippen LogP contribution in [0.25, 0.3) is 11.3 Å². The molecule has 2 aliphatic rings. The molecule has 8 nitrogen and oxygen atoms in total. The summed E-state index contributed by atoms with van der Waals surface area (Å²) in [7, 11) is 1.66. The zero-order chi connectivity index (χ0) is 30.2. The summed E-state index contributed by atoms with van der Waals surface area (Å²) in [6.07, 6.45) is 5.76. The molecule has 2 aromatic carbocycles. The lowest BCUT2D eigenvalue weighted by Crippen LogP contribution is -2.39. The second kappa shape index (κ2) is 14.6. The zero-order valence-electron chi connectivity index (χ0n) is 24.9. The molecule has 226 valence electrons. The summed E-state index contributed by atoms with van der Waals surface area (Å²) in [5.41, 5.74) is 4.80. The lowest BCUT2D eigenvalue weighted by Gasteiger charge is -2.32. The van der Waals surface area contributed by atoms with Crippen molar-refractivity contribution in [3.05, 3.63) is 95.6 Å². The highest BCUT2D eigenvalue weighted by Crippen LogP contribution is 2.32. The van der Waals surface area contributed by atoms with E-state index in [1.54, 1.807) is 19.2 Å². The number of aromatic nitrogens is 2. The number of carbonyl (C=O) groups excluding carboxylic acids is 1. The molecule has 1 aliphatic carbocycles. The number of rotatable bonds is 14. The molecule has 10 heteroatoms. The van der Waals surface area contributed by atoms with E-state index in [0.717, 1.165) is 60.1 Å². The fourth-order valence-electron chi connectivity index (χ4n) is 5.11. The van der Waals surface area contributed by atoms with Crippen molar-refractivity contribution in [1.82, 2.24) is 19.6 Å². The van der Waals surface area contributed by atoms with E-state index in [4.69, 9.17) is 14.6 Å². The van der Waals surface area contributed by atoms with Crippen LogP contribution in [-0.2, 0) is 28.4 Å². The maximum absolute atomic E-state index is 13.4. The number of allylic oxidation sites excluding steroid dienone is 2. The SMILES string of the molecule is CCN(CC)CCn1nc(-c2ccc(OC)cc2)cc1COCCN1C2=CC=CC2C(=O)N=C1SCc1ccc(F)cc1. The molecule has 1 atom stereocenters. The van der Waals surface area contributed by atoms with Gasteiger partial charge in [0.15, 0.2) is 5.17 Å². The Morgan fingerprint density at radius 3 is 2.53 bits per heavy atom. The van der Waals surface area contributed by atoms with Gasteiger partial charge in [-0.3, -0.25) is 9.48 Å². The van der Waals surface area contributed by atoms with Crippen LogP contribution in [0.5, 0.6) is 5.75 Å². The Kier molecular flexibility index (Phi) is 10.5. The number of methoxy groups -OCH3 is 1. The predicted molar refractivity (Wildman–Crippen MR) is 169 cm³/mol. The topological polar surface area (TPSA) is 72.2 Å². The summed E-state index contributed by atoms with van der Waals surface area (Å²) in [4.78, 5) is 21.6. The largest absolute Gasteiger partial charge is 0.497 e. The first-order valence-electron chi connectivity index (χ1n) is 14.7. The van der Waals surface area contributed by atoms with Gasteiger partial charge in [-0.15, -0.1) is 0 Å². The fourth-order valence-corrected chi connectivity index (χ4v) is 6.10. The molecular formula is C33H38FN5O3S. The van der Waals surface area contributed by atoms with Gasteiger partial charge < -0.3 is 19.3 Å². The lowest BCUT2D eigenvalue weighted by atomic mass is 10.1. The summed E-state index contributed by atoms with van der Waals surface area (Å²) in [6.45, 7) is 9.37. The highest BCUT2D eigenvalue weighted by molar-refractivity contribution is 8.13. The van der Waals surface area contributed by atoms with Gasteiger partial charge in [0.25, 0.3) is 5.91 Å². The van der Waals surface area contributed by atoms with Crippen molar-refractivity contribution in [2.75, 3.05) is 39.9 Å². The third-order valence-corrected chi connectivity index (χ3v) is 8.71. The van der Waals surface area contributed by atoms with Gasteiger partial charge in [-0.05, 0) is 67.2 Å². The first-order chi connectivity index (χ1) is 21.0. The van der Waals surface area contributed by atoms with E-state index in [1.807, 2.05) is 47.2 Å². The van der Waals surface area contributed by atoms with Crippen LogP contribution in [0.2, 0.25) is 0 Å². The summed E-state index contributed by atoms with van der Waals surface area (Å²) in [5.74, 6) is 0.592. The number of benzene rings is 2. The van der Waals surface area contributed by atoms with Crippen molar-refractivity contribution in [2.45, 2.75) is 32.8 Å². The second-order valence-corrected chi connectivity index (χ2v) is 11.2. The molecular weight excluding hydrogens is 565 g/mol. The van der Waals surface area contributed by atoms with E-state index in [-0.39, 0.29) is 17.6 Å². The van der Waals surface area contributed by atoms with Gasteiger partial charge >= 0.3 is 0 Å². The number of amidine groups is 1. The zero-order valence-corrected chi connectivity index (χ0v) is 25.7. The highest BCUT2D eigenvalue weighted by Gasteiger charge is 2.34. The third kappa shape index (κ3) is 7.62. The van der Waals surface area contributed by atoms with E-state index >= 15 is 0 Å². The van der Waals surface area contributed by atoms with Crippen molar-refractivity contribution in [3.8, 4) is 17.0 Å². The quantitative estimate of drug-likeness (QED) is 0.217. The average molecular weight is 604 g/mol. The number of aliphatic imine (C=N–C) groups is 1. The molecule has 0 N–H and O–H groups in total. The molecule has 1 unspecified atom stereocenters. The van der Waals surface area contributed by atoms with Crippen molar-refractivity contribution >= 4 is 22.8 Å². The number of hydrogen-bond donors (Lipinski definition) is 0. The van der Waals surface area contributed by atoms with E-state index in [2.05, 4.69) is 34.7 Å². The second-order valence-electron chi connectivity index (χ2n) is 10.3. The van der Waals surface area contributed by atoms with Gasteiger partial charge in [-0.25, -0.2) is 4.39 Å². The summed E-state index contributed by atoms with van der Waals surface area (Å²) in [5, 5.41) is 5.56. The first kappa shape index (κ1) is 30.7. The normalized spacial score (nSPS) is 16.1. The van der Waals surface area contributed by atoms with E-state index in [9.17, 15) is 9.18 Å². The predicted octanol–water partition coefficient (Wildman–Crippen LogP) is 5.76. The smallest absolute Gasteiger partial charge is 0.261 e. The van der Waals surface area contributed by atoms with Crippen LogP contribution in [0, 0.1) is 11.7 Å². The van der Waals surface area contributed by atoms with Crippen LogP contribution < -0.4 is 4.74 Å². The van der Waals surface area contributed by atoms with Crippen LogP contribution in [-0.4, -0.2) is 70.6 Å². The van der Waals surface area contributed by atoms with Crippen molar-refractivity contribution < 1.29 is 18.7 Å². The van der Waals surface area contributed by atoms with Crippen molar-refractivity contribution in [1.29, 1.82) is 0 Å². The standard InChI is InChI=1S/C33H38FN5O3S/c1-4-37(5-2)17-18-39-27(21-30(36-39)25-11-15-28(41-3)16-12-25)22-42-20-19-38-31-8-6-7-29(31)32(40)35-33(38)43-23-24-9-13-26(34)14-10-24/h6-16,21,29H,4-5,17-20,22-23H2,1-3H3. The average Bonchev–Trinajstić information content (AvgIpc) is 3.69. The molecule has 3 aromatic rings. The molecule has 0 bridgehead atoms. The molecule has 5 rings (SSSR count). The molecule has 0 radical (unpaired) electrons. The monoisotopic (exact) mass is 603 g/mol. The van der Waals surface area contributed by atoms with E-state index in [1.165, 1.54) is 23.9 Å². The number of ether oxygens (including phenoxy) is 2. The minimum Gasteiger partial charge on any atom is -0.497 e. The van der Waals surface area contributed by atoms with Crippen LogP contribution >= 0.6 is 11.8 Å². The van der Waals surface area contributed by atoms with Crippen molar-refractivity contribution in [2.24, 2.45) is 10.9 Å². The number of carbonyl (C=O) groups is 1. The number of thioether (sulfide) groups is 1. The number of hydrogen-bond acceptors (Lipinski definition) is 7. The Balaban J connectivity index is 1.26. The molecule has 43 heavy (non-hydrogen) atoms. The fraction of sp³-hybridized carbons (Fsp3) is 0.364.